The summed E-state index contributed by atoms with van der Waals surface area (Å²) in [5.74, 6) is 0.140. The van der Waals surface area contributed by atoms with E-state index >= 15 is 0 Å². The van der Waals surface area contributed by atoms with E-state index in [1.165, 1.54) is 32.1 Å². The molecule has 0 aliphatic rings. The summed E-state index contributed by atoms with van der Waals surface area (Å²) in [5.41, 5.74) is 0.203. The van der Waals surface area contributed by atoms with E-state index in [2.05, 4.69) is 32.6 Å². The Kier molecular flexibility index (Phi) is 10.4. The van der Waals surface area contributed by atoms with Crippen molar-refractivity contribution in [2.45, 2.75) is 59.8 Å². The molecule has 0 aromatic heterocycles. The average Bonchev–Trinajstić information content (AvgIpc) is 2.40. The quantitative estimate of drug-likeness (QED) is 0.426. The summed E-state index contributed by atoms with van der Waals surface area (Å²) in [7, 11) is 4.01. The Morgan fingerprint density at radius 2 is 1.76 bits per heavy atom. The van der Waals surface area contributed by atoms with Crippen LogP contribution in [0.3, 0.4) is 0 Å². The van der Waals surface area contributed by atoms with Gasteiger partial charge in [-0.2, -0.15) is 0 Å². The van der Waals surface area contributed by atoms with Crippen LogP contribution in [0, 0.1) is 5.41 Å². The summed E-state index contributed by atoms with van der Waals surface area (Å²) < 4.78 is 0. The Balaban J connectivity index is 4.32. The zero-order chi connectivity index (χ0) is 16.3. The van der Waals surface area contributed by atoms with Crippen LogP contribution in [0.5, 0.6) is 0 Å². The standard InChI is InChI=1S/C18H36N2O/c1-7-9-10-11-14-18(3,4)16-20(8-2)17(21)13-12-15-19(5)6/h12-13H,7-11,14-16H2,1-6H3/b13-12+. The minimum Gasteiger partial charge on any atom is -0.339 e. The van der Waals surface area contributed by atoms with Crippen LogP contribution in [-0.4, -0.2) is 49.4 Å². The normalized spacial score (nSPS) is 12.3. The highest BCUT2D eigenvalue weighted by molar-refractivity contribution is 5.87. The van der Waals surface area contributed by atoms with Crippen molar-refractivity contribution in [2.75, 3.05) is 33.7 Å². The van der Waals surface area contributed by atoms with Gasteiger partial charge in [-0.3, -0.25) is 4.79 Å². The highest BCUT2D eigenvalue weighted by atomic mass is 16.2. The van der Waals surface area contributed by atoms with E-state index in [0.717, 1.165) is 19.6 Å². The lowest BCUT2D eigenvalue weighted by atomic mass is 9.86. The third-order valence-corrected chi connectivity index (χ3v) is 3.75. The highest BCUT2D eigenvalue weighted by Crippen LogP contribution is 2.25. The average molecular weight is 296 g/mol. The van der Waals surface area contributed by atoms with Crippen LogP contribution in [0.1, 0.15) is 59.8 Å². The minimum atomic E-state index is 0.140. The number of likely N-dealkylation sites (N-methyl/N-ethyl adjacent to an activating group) is 2. The second-order valence-electron chi connectivity index (χ2n) is 6.99. The molecule has 124 valence electrons. The van der Waals surface area contributed by atoms with Gasteiger partial charge >= 0.3 is 0 Å². The Bertz CT molecular complexity index is 308. The predicted molar refractivity (Wildman–Crippen MR) is 92.5 cm³/mol. The maximum atomic E-state index is 12.2. The first-order chi connectivity index (χ1) is 9.82. The van der Waals surface area contributed by atoms with Crippen molar-refractivity contribution in [1.82, 2.24) is 9.80 Å². The summed E-state index contributed by atoms with van der Waals surface area (Å²) in [6.07, 6.45) is 10.0. The van der Waals surface area contributed by atoms with Crippen LogP contribution in [0.15, 0.2) is 12.2 Å². The van der Waals surface area contributed by atoms with Crippen LogP contribution in [0.2, 0.25) is 0 Å². The third kappa shape index (κ3) is 10.5. The summed E-state index contributed by atoms with van der Waals surface area (Å²) >= 11 is 0. The largest absolute Gasteiger partial charge is 0.339 e. The fourth-order valence-electron chi connectivity index (χ4n) is 2.44. The van der Waals surface area contributed by atoms with E-state index in [-0.39, 0.29) is 11.3 Å². The molecule has 0 aliphatic carbocycles. The summed E-state index contributed by atoms with van der Waals surface area (Å²) in [4.78, 5) is 16.2. The smallest absolute Gasteiger partial charge is 0.246 e. The number of carbonyl (C=O) groups is 1. The SMILES string of the molecule is CCCCCCC(C)(C)CN(CC)C(=O)/C=C/CN(C)C. The molecule has 0 aromatic rings. The molecule has 0 N–H and O–H groups in total. The molecule has 0 unspecified atom stereocenters. The number of hydrogen-bond donors (Lipinski definition) is 0. The third-order valence-electron chi connectivity index (χ3n) is 3.75. The van der Waals surface area contributed by atoms with Gasteiger partial charge in [0, 0.05) is 25.7 Å². The van der Waals surface area contributed by atoms with Crippen molar-refractivity contribution in [1.29, 1.82) is 0 Å². The second kappa shape index (κ2) is 10.8. The lowest BCUT2D eigenvalue weighted by molar-refractivity contribution is -0.127. The number of rotatable bonds is 11. The van der Waals surface area contributed by atoms with Gasteiger partial charge in [-0.05, 0) is 32.9 Å². The molecule has 0 heterocycles. The van der Waals surface area contributed by atoms with E-state index in [1.54, 1.807) is 6.08 Å². The Morgan fingerprint density at radius 1 is 1.10 bits per heavy atom. The van der Waals surface area contributed by atoms with Gasteiger partial charge < -0.3 is 9.80 Å². The van der Waals surface area contributed by atoms with E-state index in [1.807, 2.05) is 25.1 Å². The Morgan fingerprint density at radius 3 is 2.29 bits per heavy atom. The Hall–Kier alpha value is -0.830. The van der Waals surface area contributed by atoms with Gasteiger partial charge in [0.2, 0.25) is 5.91 Å². The van der Waals surface area contributed by atoms with Gasteiger partial charge in [0.25, 0.3) is 0 Å². The first kappa shape index (κ1) is 20.2. The molecule has 0 fully saturated rings. The molecule has 0 spiro atoms. The van der Waals surface area contributed by atoms with Crippen molar-refractivity contribution in [3.05, 3.63) is 12.2 Å². The van der Waals surface area contributed by atoms with E-state index < -0.39 is 0 Å². The molecule has 1 amide bonds. The number of carbonyl (C=O) groups excluding carboxylic acids is 1. The fourth-order valence-corrected chi connectivity index (χ4v) is 2.44. The van der Waals surface area contributed by atoms with Crippen molar-refractivity contribution in [3.63, 3.8) is 0 Å². The first-order valence-electron chi connectivity index (χ1n) is 8.42. The molecule has 21 heavy (non-hydrogen) atoms. The number of nitrogens with zero attached hydrogens (tertiary/aromatic N) is 2. The zero-order valence-electron chi connectivity index (χ0n) is 15.1. The summed E-state index contributed by atoms with van der Waals surface area (Å²) in [5, 5.41) is 0. The molecule has 0 saturated heterocycles. The van der Waals surface area contributed by atoms with Crippen molar-refractivity contribution in [2.24, 2.45) is 5.41 Å². The predicted octanol–water partition coefficient (Wildman–Crippen LogP) is 3.95. The van der Waals surface area contributed by atoms with Crippen molar-refractivity contribution < 1.29 is 4.79 Å². The number of amides is 1. The maximum absolute atomic E-state index is 12.2. The van der Waals surface area contributed by atoms with Crippen LogP contribution in [0.25, 0.3) is 0 Å². The number of unbranched alkanes of at least 4 members (excludes halogenated alkanes) is 3. The Labute approximate surface area is 132 Å². The van der Waals surface area contributed by atoms with Crippen LogP contribution in [-0.2, 0) is 4.79 Å². The molecule has 0 rings (SSSR count). The van der Waals surface area contributed by atoms with Crippen molar-refractivity contribution >= 4 is 5.91 Å². The second-order valence-corrected chi connectivity index (χ2v) is 6.99. The molecule has 0 saturated carbocycles. The molecule has 0 bridgehead atoms. The maximum Gasteiger partial charge on any atom is 0.246 e. The van der Waals surface area contributed by atoms with Gasteiger partial charge in [-0.1, -0.05) is 52.5 Å². The lowest BCUT2D eigenvalue weighted by Crippen LogP contribution is -2.38. The van der Waals surface area contributed by atoms with Gasteiger partial charge in [-0.25, -0.2) is 0 Å². The number of hydrogen-bond acceptors (Lipinski definition) is 2. The molecule has 0 atom stereocenters. The van der Waals surface area contributed by atoms with Crippen LogP contribution >= 0.6 is 0 Å². The van der Waals surface area contributed by atoms with Crippen LogP contribution in [0.4, 0.5) is 0 Å². The van der Waals surface area contributed by atoms with Crippen molar-refractivity contribution in [3.8, 4) is 0 Å². The summed E-state index contributed by atoms with van der Waals surface area (Å²) in [6, 6.07) is 0. The molecule has 3 heteroatoms. The summed E-state index contributed by atoms with van der Waals surface area (Å²) in [6.45, 7) is 11.3. The van der Waals surface area contributed by atoms with Gasteiger partial charge in [0.15, 0.2) is 0 Å². The molecule has 3 nitrogen and oxygen atoms in total. The molecular weight excluding hydrogens is 260 g/mol. The monoisotopic (exact) mass is 296 g/mol. The molecule has 0 aromatic carbocycles. The molecule has 0 aliphatic heterocycles. The van der Waals surface area contributed by atoms with E-state index in [9.17, 15) is 4.79 Å². The van der Waals surface area contributed by atoms with E-state index in [0.29, 0.717) is 0 Å². The molecular formula is C18H36N2O. The lowest BCUT2D eigenvalue weighted by Gasteiger charge is -2.31. The van der Waals surface area contributed by atoms with E-state index in [4.69, 9.17) is 0 Å². The topological polar surface area (TPSA) is 23.6 Å². The molecule has 0 radical (unpaired) electrons. The first-order valence-corrected chi connectivity index (χ1v) is 8.42. The minimum absolute atomic E-state index is 0.140. The zero-order valence-corrected chi connectivity index (χ0v) is 15.1. The van der Waals surface area contributed by atoms with Gasteiger partial charge in [0.05, 0.1) is 0 Å². The van der Waals surface area contributed by atoms with Crippen LogP contribution < -0.4 is 0 Å². The highest BCUT2D eigenvalue weighted by Gasteiger charge is 2.22. The van der Waals surface area contributed by atoms with Gasteiger partial charge in [-0.15, -0.1) is 0 Å². The fraction of sp³-hybridized carbons (Fsp3) is 0.833. The van der Waals surface area contributed by atoms with Gasteiger partial charge in [0.1, 0.15) is 0 Å².